The molecule has 2 atom stereocenters. The zero-order valence-corrected chi connectivity index (χ0v) is 19.3. The molecule has 0 aromatic heterocycles. The van der Waals surface area contributed by atoms with E-state index in [9.17, 15) is 25.5 Å². The Morgan fingerprint density at radius 2 is 1.36 bits per heavy atom. The standard InChI is InChI=1S/C29H24O7/c1-35-25-14-18(6-9-23(25)33)29-27(19-12-21(31)15-22(32)13-19)28-24(34)10-17(11-26(28)36-29)3-2-16-4-7-20(30)8-5-16/h2-15,27,29-34H,1H3/t27-,29+/m0/s1. The molecule has 0 saturated heterocycles. The van der Waals surface area contributed by atoms with Gasteiger partial charge in [-0.1, -0.05) is 30.4 Å². The molecule has 7 heteroatoms. The molecule has 0 fully saturated rings. The molecule has 0 aliphatic carbocycles. The number of methoxy groups -OCH3 is 1. The van der Waals surface area contributed by atoms with Gasteiger partial charge in [-0.15, -0.1) is 0 Å². The van der Waals surface area contributed by atoms with E-state index >= 15 is 0 Å². The number of aromatic hydroxyl groups is 5. The van der Waals surface area contributed by atoms with Gasteiger partial charge in [0.2, 0.25) is 0 Å². The smallest absolute Gasteiger partial charge is 0.160 e. The Bertz CT molecular complexity index is 1440. The van der Waals surface area contributed by atoms with Gasteiger partial charge < -0.3 is 35.0 Å². The number of hydrogen-bond acceptors (Lipinski definition) is 7. The van der Waals surface area contributed by atoms with Gasteiger partial charge in [0.1, 0.15) is 34.9 Å². The lowest BCUT2D eigenvalue weighted by Crippen LogP contribution is -2.11. The Balaban J connectivity index is 1.60. The molecule has 1 heterocycles. The number of phenols is 5. The molecular formula is C29H24O7. The van der Waals surface area contributed by atoms with Crippen molar-refractivity contribution in [2.45, 2.75) is 12.0 Å². The van der Waals surface area contributed by atoms with Crippen molar-refractivity contribution < 1.29 is 35.0 Å². The Labute approximate surface area is 207 Å². The maximum absolute atomic E-state index is 11.1. The molecule has 0 unspecified atom stereocenters. The molecule has 5 rings (SSSR count). The van der Waals surface area contributed by atoms with Gasteiger partial charge in [-0.05, 0) is 70.8 Å². The fraction of sp³-hybridized carbons (Fsp3) is 0.103. The molecule has 1 aliphatic rings. The second-order valence-corrected chi connectivity index (χ2v) is 8.61. The zero-order chi connectivity index (χ0) is 25.4. The van der Waals surface area contributed by atoms with Gasteiger partial charge in [-0.2, -0.15) is 0 Å². The number of fused-ring (bicyclic) bond motifs is 1. The third-order valence-corrected chi connectivity index (χ3v) is 6.19. The van der Waals surface area contributed by atoms with E-state index in [0.29, 0.717) is 28.0 Å². The van der Waals surface area contributed by atoms with Gasteiger partial charge in [0.25, 0.3) is 0 Å². The van der Waals surface area contributed by atoms with Crippen molar-refractivity contribution in [1.29, 1.82) is 0 Å². The second-order valence-electron chi connectivity index (χ2n) is 8.61. The molecule has 4 aromatic carbocycles. The average molecular weight is 485 g/mol. The van der Waals surface area contributed by atoms with E-state index in [1.807, 2.05) is 12.2 Å². The second kappa shape index (κ2) is 9.11. The van der Waals surface area contributed by atoms with Crippen molar-refractivity contribution in [3.05, 3.63) is 101 Å². The monoisotopic (exact) mass is 484 g/mol. The van der Waals surface area contributed by atoms with E-state index < -0.39 is 12.0 Å². The zero-order valence-electron chi connectivity index (χ0n) is 19.3. The van der Waals surface area contributed by atoms with Crippen LogP contribution in [0.2, 0.25) is 0 Å². The van der Waals surface area contributed by atoms with E-state index in [0.717, 1.165) is 5.56 Å². The Morgan fingerprint density at radius 1 is 0.667 bits per heavy atom. The first-order valence-corrected chi connectivity index (χ1v) is 11.2. The summed E-state index contributed by atoms with van der Waals surface area (Å²) in [7, 11) is 1.45. The fourth-order valence-electron chi connectivity index (χ4n) is 4.54. The average Bonchev–Trinajstić information content (AvgIpc) is 3.23. The van der Waals surface area contributed by atoms with Crippen molar-refractivity contribution in [3.63, 3.8) is 0 Å². The van der Waals surface area contributed by atoms with Crippen LogP contribution >= 0.6 is 0 Å². The van der Waals surface area contributed by atoms with E-state index in [2.05, 4.69) is 0 Å². The lowest BCUT2D eigenvalue weighted by Gasteiger charge is -2.21. The molecule has 7 nitrogen and oxygen atoms in total. The summed E-state index contributed by atoms with van der Waals surface area (Å²) in [6, 6.07) is 19.3. The van der Waals surface area contributed by atoms with Crippen molar-refractivity contribution in [2.75, 3.05) is 7.11 Å². The molecule has 182 valence electrons. The summed E-state index contributed by atoms with van der Waals surface area (Å²) in [5, 5.41) is 50.9. The van der Waals surface area contributed by atoms with Crippen LogP contribution in [0, 0.1) is 0 Å². The van der Waals surface area contributed by atoms with Crippen molar-refractivity contribution in [2.24, 2.45) is 0 Å². The summed E-state index contributed by atoms with van der Waals surface area (Å²) in [6.45, 7) is 0. The maximum Gasteiger partial charge on any atom is 0.160 e. The molecule has 0 amide bonds. The normalized spacial score (nSPS) is 16.6. The van der Waals surface area contributed by atoms with Crippen LogP contribution in [0.1, 0.15) is 39.8 Å². The highest BCUT2D eigenvalue weighted by Crippen LogP contribution is 2.54. The van der Waals surface area contributed by atoms with Crippen LogP contribution in [0.4, 0.5) is 0 Å². The van der Waals surface area contributed by atoms with Crippen LogP contribution in [0.15, 0.2) is 72.8 Å². The first-order valence-electron chi connectivity index (χ1n) is 11.2. The minimum absolute atomic E-state index is 0.000989. The van der Waals surface area contributed by atoms with Gasteiger partial charge in [-0.25, -0.2) is 0 Å². The van der Waals surface area contributed by atoms with Crippen LogP contribution in [-0.4, -0.2) is 32.6 Å². The van der Waals surface area contributed by atoms with Gasteiger partial charge in [0.15, 0.2) is 11.5 Å². The first-order chi connectivity index (χ1) is 17.3. The van der Waals surface area contributed by atoms with Crippen molar-refractivity contribution in [1.82, 2.24) is 0 Å². The molecular weight excluding hydrogens is 460 g/mol. The molecule has 0 spiro atoms. The SMILES string of the molecule is COc1cc([C@H]2Oc3cc(C=Cc4ccc(O)cc4)cc(O)c3[C@@H]2c2cc(O)cc(O)c2)ccc1O. The van der Waals surface area contributed by atoms with Gasteiger partial charge in [-0.3, -0.25) is 0 Å². The summed E-state index contributed by atoms with van der Waals surface area (Å²) in [5.74, 6) is 0.0733. The topological polar surface area (TPSA) is 120 Å². The third kappa shape index (κ3) is 4.34. The lowest BCUT2D eigenvalue weighted by molar-refractivity contribution is 0.221. The minimum atomic E-state index is -0.641. The summed E-state index contributed by atoms with van der Waals surface area (Å²) >= 11 is 0. The van der Waals surface area contributed by atoms with Crippen LogP contribution < -0.4 is 9.47 Å². The van der Waals surface area contributed by atoms with E-state index in [-0.39, 0.29) is 34.5 Å². The Hall–Kier alpha value is -4.78. The fourth-order valence-corrected chi connectivity index (χ4v) is 4.54. The van der Waals surface area contributed by atoms with E-state index in [1.165, 1.54) is 31.4 Å². The quantitative estimate of drug-likeness (QED) is 0.232. The molecule has 0 saturated carbocycles. The molecule has 36 heavy (non-hydrogen) atoms. The third-order valence-electron chi connectivity index (χ3n) is 6.19. The number of benzene rings is 4. The van der Waals surface area contributed by atoms with Gasteiger partial charge in [0.05, 0.1) is 13.0 Å². The Morgan fingerprint density at radius 3 is 2.06 bits per heavy atom. The number of ether oxygens (including phenoxy) is 2. The van der Waals surface area contributed by atoms with E-state index in [1.54, 1.807) is 48.5 Å². The number of rotatable bonds is 5. The minimum Gasteiger partial charge on any atom is -0.508 e. The van der Waals surface area contributed by atoms with Crippen LogP contribution in [-0.2, 0) is 0 Å². The number of hydrogen-bond donors (Lipinski definition) is 5. The van der Waals surface area contributed by atoms with Crippen LogP contribution in [0.3, 0.4) is 0 Å². The molecule has 0 bridgehead atoms. The predicted molar refractivity (Wildman–Crippen MR) is 135 cm³/mol. The highest BCUT2D eigenvalue weighted by Gasteiger charge is 2.40. The molecule has 1 aliphatic heterocycles. The van der Waals surface area contributed by atoms with Crippen LogP contribution in [0.25, 0.3) is 12.2 Å². The molecule has 4 aromatic rings. The lowest BCUT2D eigenvalue weighted by atomic mass is 9.84. The van der Waals surface area contributed by atoms with Gasteiger partial charge >= 0.3 is 0 Å². The molecule has 0 radical (unpaired) electrons. The maximum atomic E-state index is 11.1. The first kappa shape index (κ1) is 23.0. The van der Waals surface area contributed by atoms with Gasteiger partial charge in [0, 0.05) is 11.6 Å². The largest absolute Gasteiger partial charge is 0.508 e. The van der Waals surface area contributed by atoms with Crippen molar-refractivity contribution >= 4 is 12.2 Å². The highest BCUT2D eigenvalue weighted by atomic mass is 16.5. The summed E-state index contributed by atoms with van der Waals surface area (Å²) in [5.41, 5.74) is 3.30. The van der Waals surface area contributed by atoms with Crippen molar-refractivity contribution in [3.8, 4) is 40.2 Å². The molecule has 5 N–H and O–H groups in total. The predicted octanol–water partition coefficient (Wildman–Crippen LogP) is 5.66. The highest BCUT2D eigenvalue weighted by molar-refractivity contribution is 5.73. The summed E-state index contributed by atoms with van der Waals surface area (Å²) < 4.78 is 11.6. The van der Waals surface area contributed by atoms with Crippen LogP contribution in [0.5, 0.6) is 40.2 Å². The summed E-state index contributed by atoms with van der Waals surface area (Å²) in [6.07, 6.45) is 3.03. The number of phenolic OH excluding ortho intramolecular Hbond substituents is 5. The summed E-state index contributed by atoms with van der Waals surface area (Å²) in [4.78, 5) is 0. The Kier molecular flexibility index (Phi) is 5.82. The van der Waals surface area contributed by atoms with E-state index in [4.69, 9.17) is 9.47 Å².